The molecular weight excluding hydrogens is 276 g/mol. The highest BCUT2D eigenvalue weighted by atomic mass is 16.6. The molecule has 1 saturated heterocycles. The Morgan fingerprint density at radius 1 is 1.38 bits per heavy atom. The van der Waals surface area contributed by atoms with Crippen molar-refractivity contribution in [1.29, 1.82) is 0 Å². The van der Waals surface area contributed by atoms with E-state index in [1.165, 1.54) is 6.92 Å². The van der Waals surface area contributed by atoms with Crippen LogP contribution in [0, 0.1) is 23.2 Å². The molecular formula is C15H18O6. The molecule has 1 N–H and O–H groups in total. The van der Waals surface area contributed by atoms with Gasteiger partial charge in [0.1, 0.15) is 17.6 Å². The molecule has 0 aromatic carbocycles. The van der Waals surface area contributed by atoms with Crippen LogP contribution >= 0.6 is 0 Å². The molecule has 3 aliphatic rings. The van der Waals surface area contributed by atoms with Crippen LogP contribution in [-0.4, -0.2) is 35.2 Å². The Morgan fingerprint density at radius 2 is 2.10 bits per heavy atom. The predicted octanol–water partition coefficient (Wildman–Crippen LogP) is 1.15. The summed E-state index contributed by atoms with van der Waals surface area (Å²) < 4.78 is 10.7. The third-order valence-electron chi connectivity index (χ3n) is 5.06. The monoisotopic (exact) mass is 294 g/mol. The fourth-order valence-corrected chi connectivity index (χ4v) is 4.33. The molecule has 0 bridgehead atoms. The van der Waals surface area contributed by atoms with Crippen LogP contribution in [0.3, 0.4) is 0 Å². The Labute approximate surface area is 122 Å². The van der Waals surface area contributed by atoms with Gasteiger partial charge in [0.05, 0.1) is 5.92 Å². The number of carboxylic acid groups (broad SMARTS) is 1. The predicted molar refractivity (Wildman–Crippen MR) is 70.0 cm³/mol. The number of ether oxygens (including phenoxy) is 2. The second-order valence-corrected chi connectivity index (χ2v) is 6.14. The van der Waals surface area contributed by atoms with E-state index < -0.39 is 47.4 Å². The molecule has 21 heavy (non-hydrogen) atoms. The van der Waals surface area contributed by atoms with Crippen LogP contribution in [0.4, 0.5) is 0 Å². The Balaban J connectivity index is 2.11. The normalized spacial score (nSPS) is 43.9. The number of esters is 2. The summed E-state index contributed by atoms with van der Waals surface area (Å²) in [4.78, 5) is 35.5. The number of carboxylic acids is 1. The van der Waals surface area contributed by atoms with Crippen LogP contribution in [0.1, 0.15) is 26.7 Å². The van der Waals surface area contributed by atoms with E-state index in [0.29, 0.717) is 12.8 Å². The Bertz CT molecular complexity index is 538. The summed E-state index contributed by atoms with van der Waals surface area (Å²) in [5, 5.41) is 9.89. The largest absolute Gasteiger partial charge is 0.481 e. The number of hydrogen-bond donors (Lipinski definition) is 1. The van der Waals surface area contributed by atoms with Crippen molar-refractivity contribution in [1.82, 2.24) is 0 Å². The van der Waals surface area contributed by atoms with Crippen molar-refractivity contribution < 1.29 is 29.0 Å². The molecule has 6 atom stereocenters. The zero-order chi connectivity index (χ0) is 15.4. The summed E-state index contributed by atoms with van der Waals surface area (Å²) in [5.74, 6) is -3.37. The molecule has 1 aliphatic heterocycles. The first-order valence-electron chi connectivity index (χ1n) is 7.18. The van der Waals surface area contributed by atoms with Crippen molar-refractivity contribution in [3.63, 3.8) is 0 Å². The van der Waals surface area contributed by atoms with Gasteiger partial charge in [-0.15, -0.1) is 0 Å². The standard InChI is InChI=1S/C15H18O6/c1-7-3-4-9-10(20-8(2)16)5-6-11-15(9,14(18)19)12(7)13(17)21-11/h3-4,7,9-12H,5-6H2,1-2H3,(H,18,19)/t7-,9-,10-,11-,12+,15+/m1/s1. The van der Waals surface area contributed by atoms with Crippen LogP contribution < -0.4 is 0 Å². The fraction of sp³-hybridized carbons (Fsp3) is 0.667. The molecule has 0 aromatic rings. The van der Waals surface area contributed by atoms with Gasteiger partial charge in [0.2, 0.25) is 0 Å². The van der Waals surface area contributed by atoms with Gasteiger partial charge in [0, 0.05) is 12.8 Å². The van der Waals surface area contributed by atoms with E-state index in [-0.39, 0.29) is 5.92 Å². The van der Waals surface area contributed by atoms with Gasteiger partial charge in [-0.3, -0.25) is 14.4 Å². The second-order valence-electron chi connectivity index (χ2n) is 6.14. The number of carbonyl (C=O) groups is 3. The lowest BCUT2D eigenvalue weighted by molar-refractivity contribution is -0.179. The number of aliphatic carboxylic acids is 1. The summed E-state index contributed by atoms with van der Waals surface area (Å²) in [6, 6.07) is 0. The van der Waals surface area contributed by atoms with Crippen LogP contribution in [0.5, 0.6) is 0 Å². The van der Waals surface area contributed by atoms with E-state index >= 15 is 0 Å². The first-order valence-corrected chi connectivity index (χ1v) is 7.18. The Morgan fingerprint density at radius 3 is 2.71 bits per heavy atom. The van der Waals surface area contributed by atoms with Crippen molar-refractivity contribution in [2.75, 3.05) is 0 Å². The number of carbonyl (C=O) groups excluding carboxylic acids is 2. The zero-order valence-electron chi connectivity index (χ0n) is 11.9. The third kappa shape index (κ3) is 1.74. The molecule has 0 radical (unpaired) electrons. The van der Waals surface area contributed by atoms with Gasteiger partial charge in [-0.1, -0.05) is 19.1 Å². The molecule has 1 heterocycles. The smallest absolute Gasteiger partial charge is 0.315 e. The first kappa shape index (κ1) is 14.1. The molecule has 0 unspecified atom stereocenters. The van der Waals surface area contributed by atoms with Crippen LogP contribution in [0.15, 0.2) is 12.2 Å². The summed E-state index contributed by atoms with van der Waals surface area (Å²) in [5.41, 5.74) is -1.32. The van der Waals surface area contributed by atoms with E-state index in [1.807, 2.05) is 13.0 Å². The average Bonchev–Trinajstić information content (AvgIpc) is 2.70. The molecule has 6 heteroatoms. The van der Waals surface area contributed by atoms with E-state index in [4.69, 9.17) is 9.47 Å². The maximum absolute atomic E-state index is 12.2. The molecule has 0 aromatic heterocycles. The maximum Gasteiger partial charge on any atom is 0.315 e. The topological polar surface area (TPSA) is 89.9 Å². The van der Waals surface area contributed by atoms with Gasteiger partial charge in [-0.25, -0.2) is 0 Å². The third-order valence-corrected chi connectivity index (χ3v) is 5.06. The number of hydrogen-bond acceptors (Lipinski definition) is 5. The van der Waals surface area contributed by atoms with Crippen LogP contribution in [0.25, 0.3) is 0 Å². The molecule has 0 spiro atoms. The number of rotatable bonds is 2. The summed E-state index contributed by atoms with van der Waals surface area (Å²) in [7, 11) is 0. The van der Waals surface area contributed by atoms with Crippen molar-refractivity contribution in [2.24, 2.45) is 23.2 Å². The van der Waals surface area contributed by atoms with Gasteiger partial charge in [0.15, 0.2) is 0 Å². The van der Waals surface area contributed by atoms with E-state index in [9.17, 15) is 19.5 Å². The fourth-order valence-electron chi connectivity index (χ4n) is 4.33. The summed E-state index contributed by atoms with van der Waals surface area (Å²) >= 11 is 0. The minimum atomic E-state index is -1.32. The summed E-state index contributed by atoms with van der Waals surface area (Å²) in [6.45, 7) is 3.13. The van der Waals surface area contributed by atoms with Gasteiger partial charge in [0.25, 0.3) is 0 Å². The lowest BCUT2D eigenvalue weighted by Gasteiger charge is -2.48. The SMILES string of the molecule is CC(=O)O[C@@H]1CC[C@H]2OC(=O)[C@@H]3[C@H](C)C=C[C@H]1[C@@]32C(=O)O. The Hall–Kier alpha value is -1.85. The minimum Gasteiger partial charge on any atom is -0.481 e. The maximum atomic E-state index is 12.2. The van der Waals surface area contributed by atoms with Crippen molar-refractivity contribution in [2.45, 2.75) is 38.9 Å². The number of allylic oxidation sites excluding steroid dienone is 1. The first-order chi connectivity index (χ1) is 9.88. The lowest BCUT2D eigenvalue weighted by atomic mass is 9.53. The highest BCUT2D eigenvalue weighted by Crippen LogP contribution is 2.58. The molecule has 114 valence electrons. The Kier molecular flexibility index (Phi) is 3.07. The molecule has 3 rings (SSSR count). The second kappa shape index (κ2) is 4.58. The molecule has 2 fully saturated rings. The van der Waals surface area contributed by atoms with Crippen molar-refractivity contribution >= 4 is 17.9 Å². The van der Waals surface area contributed by atoms with Crippen LogP contribution in [0.2, 0.25) is 0 Å². The molecule has 2 aliphatic carbocycles. The van der Waals surface area contributed by atoms with Gasteiger partial charge < -0.3 is 14.6 Å². The zero-order valence-corrected chi connectivity index (χ0v) is 11.9. The van der Waals surface area contributed by atoms with Crippen LogP contribution in [-0.2, 0) is 23.9 Å². The van der Waals surface area contributed by atoms with E-state index in [1.54, 1.807) is 6.08 Å². The molecule has 6 nitrogen and oxygen atoms in total. The van der Waals surface area contributed by atoms with Gasteiger partial charge >= 0.3 is 17.9 Å². The average molecular weight is 294 g/mol. The van der Waals surface area contributed by atoms with Crippen molar-refractivity contribution in [3.05, 3.63) is 12.2 Å². The highest BCUT2D eigenvalue weighted by molar-refractivity contribution is 5.90. The van der Waals surface area contributed by atoms with E-state index in [2.05, 4.69) is 0 Å². The highest BCUT2D eigenvalue weighted by Gasteiger charge is 2.70. The van der Waals surface area contributed by atoms with Gasteiger partial charge in [-0.2, -0.15) is 0 Å². The molecule has 1 saturated carbocycles. The summed E-state index contributed by atoms with van der Waals surface area (Å²) in [6.07, 6.45) is 3.37. The van der Waals surface area contributed by atoms with E-state index in [0.717, 1.165) is 0 Å². The lowest BCUT2D eigenvalue weighted by Crippen LogP contribution is -2.59. The van der Waals surface area contributed by atoms with Gasteiger partial charge in [-0.05, 0) is 18.8 Å². The minimum absolute atomic E-state index is 0.203. The van der Waals surface area contributed by atoms with Crippen molar-refractivity contribution in [3.8, 4) is 0 Å². The molecule has 0 amide bonds. The quantitative estimate of drug-likeness (QED) is 0.607.